The number of ether oxygens (including phenoxy) is 1. The molecule has 0 aliphatic rings. The van der Waals surface area contributed by atoms with Crippen LogP contribution in [0.4, 0.5) is 5.82 Å². The molecule has 0 aliphatic heterocycles. The largest absolute Gasteiger partial charge is 0.448 e. The number of carbonyl (C=O) groups is 2. The zero-order valence-electron chi connectivity index (χ0n) is 14.2. The predicted molar refractivity (Wildman–Crippen MR) is 93.9 cm³/mol. The van der Waals surface area contributed by atoms with Crippen LogP contribution in [0.25, 0.3) is 10.8 Å². The molecule has 3 aromatic rings. The number of H-pyrrole nitrogens is 1. The average Bonchev–Trinajstić information content (AvgIpc) is 3.04. The van der Waals surface area contributed by atoms with Gasteiger partial charge in [0.15, 0.2) is 11.9 Å². The number of nitrogens with one attached hydrogen (secondary N) is 2. The number of anilines is 1. The molecule has 0 saturated heterocycles. The number of nitrogens with zero attached hydrogens (tertiary/aromatic N) is 1. The summed E-state index contributed by atoms with van der Waals surface area (Å²) in [4.78, 5) is 39.2. The standard InChI is InChI=1S/C18H17N3O5/c1-3-14(17(23)20-15-8-10(2)26-21-15)25-18(24)13-9-11-6-4-5-7-12(11)16(22)19-13/h4-9,14H,3H2,1-2H3,(H,19,22)(H,20,21,23)/t14-/m1/s1. The third-order valence-corrected chi connectivity index (χ3v) is 3.77. The monoisotopic (exact) mass is 355 g/mol. The quantitative estimate of drug-likeness (QED) is 0.679. The van der Waals surface area contributed by atoms with Crippen molar-refractivity contribution in [3.8, 4) is 0 Å². The van der Waals surface area contributed by atoms with Gasteiger partial charge in [0, 0.05) is 11.5 Å². The predicted octanol–water partition coefficient (Wildman–Crippen LogP) is 2.40. The summed E-state index contributed by atoms with van der Waals surface area (Å²) in [7, 11) is 0. The molecule has 0 spiro atoms. The number of aromatic nitrogens is 2. The topological polar surface area (TPSA) is 114 Å². The van der Waals surface area contributed by atoms with Gasteiger partial charge in [0.25, 0.3) is 11.5 Å². The van der Waals surface area contributed by atoms with E-state index in [9.17, 15) is 14.4 Å². The third kappa shape index (κ3) is 3.64. The lowest BCUT2D eigenvalue weighted by atomic mass is 10.1. The summed E-state index contributed by atoms with van der Waals surface area (Å²) in [6.45, 7) is 3.39. The second-order valence-electron chi connectivity index (χ2n) is 5.71. The van der Waals surface area contributed by atoms with Crippen LogP contribution in [0, 0.1) is 6.92 Å². The smallest absolute Gasteiger partial charge is 0.355 e. The molecule has 0 fully saturated rings. The van der Waals surface area contributed by atoms with Gasteiger partial charge in [-0.05, 0) is 30.9 Å². The first-order valence-corrected chi connectivity index (χ1v) is 8.05. The highest BCUT2D eigenvalue weighted by molar-refractivity contribution is 5.97. The summed E-state index contributed by atoms with van der Waals surface area (Å²) < 4.78 is 10.1. The number of fused-ring (bicyclic) bond motifs is 1. The summed E-state index contributed by atoms with van der Waals surface area (Å²) in [5.74, 6) is -0.538. The fraction of sp³-hybridized carbons (Fsp3) is 0.222. The van der Waals surface area contributed by atoms with Crippen LogP contribution in [0.3, 0.4) is 0 Å². The van der Waals surface area contributed by atoms with Crippen LogP contribution in [0.2, 0.25) is 0 Å². The second kappa shape index (κ2) is 7.22. The molecule has 1 amide bonds. The van der Waals surface area contributed by atoms with Crippen molar-refractivity contribution in [3.05, 3.63) is 58.2 Å². The number of pyridine rings is 1. The summed E-state index contributed by atoms with van der Waals surface area (Å²) in [5.41, 5.74) is -0.414. The Hall–Kier alpha value is -3.42. The molecular formula is C18H17N3O5. The Morgan fingerprint density at radius 3 is 2.77 bits per heavy atom. The molecule has 3 rings (SSSR count). The molecule has 0 unspecified atom stereocenters. The van der Waals surface area contributed by atoms with Gasteiger partial charge < -0.3 is 19.6 Å². The molecule has 26 heavy (non-hydrogen) atoms. The summed E-state index contributed by atoms with van der Waals surface area (Å²) in [5, 5.41) is 7.26. The van der Waals surface area contributed by atoms with E-state index in [1.807, 2.05) is 0 Å². The van der Waals surface area contributed by atoms with Gasteiger partial charge in [0.1, 0.15) is 11.5 Å². The van der Waals surface area contributed by atoms with Crippen molar-refractivity contribution in [3.63, 3.8) is 0 Å². The third-order valence-electron chi connectivity index (χ3n) is 3.77. The lowest BCUT2D eigenvalue weighted by Gasteiger charge is -2.15. The van der Waals surface area contributed by atoms with Crippen LogP contribution < -0.4 is 10.9 Å². The number of rotatable bonds is 5. The van der Waals surface area contributed by atoms with Crippen LogP contribution >= 0.6 is 0 Å². The Labute approximate surface area is 148 Å². The maximum atomic E-state index is 12.4. The normalized spacial score (nSPS) is 11.9. The van der Waals surface area contributed by atoms with E-state index in [1.165, 1.54) is 6.07 Å². The Bertz CT molecular complexity index is 1020. The van der Waals surface area contributed by atoms with Crippen LogP contribution in [0.1, 0.15) is 29.6 Å². The molecule has 2 heterocycles. The molecule has 2 N–H and O–H groups in total. The average molecular weight is 355 g/mol. The molecule has 1 aromatic carbocycles. The number of esters is 1. The SMILES string of the molecule is CC[C@@H](OC(=O)c1cc2ccccc2c(=O)[nH]1)C(=O)Nc1cc(C)on1. The number of carbonyl (C=O) groups excluding carboxylic acids is 2. The van der Waals surface area contributed by atoms with Gasteiger partial charge in [-0.25, -0.2) is 4.79 Å². The zero-order valence-corrected chi connectivity index (χ0v) is 14.2. The van der Waals surface area contributed by atoms with Crippen molar-refractivity contribution < 1.29 is 18.8 Å². The van der Waals surface area contributed by atoms with Crippen LogP contribution in [0.15, 0.2) is 45.7 Å². The molecule has 0 aliphatic carbocycles. The molecular weight excluding hydrogens is 338 g/mol. The van der Waals surface area contributed by atoms with Gasteiger partial charge in [-0.3, -0.25) is 9.59 Å². The number of amides is 1. The number of benzene rings is 1. The lowest BCUT2D eigenvalue weighted by molar-refractivity contribution is -0.124. The van der Waals surface area contributed by atoms with E-state index in [-0.39, 0.29) is 17.9 Å². The van der Waals surface area contributed by atoms with E-state index in [2.05, 4.69) is 15.5 Å². The number of aryl methyl sites for hydroxylation is 1. The summed E-state index contributed by atoms with van der Waals surface area (Å²) >= 11 is 0. The Morgan fingerprint density at radius 2 is 2.08 bits per heavy atom. The Balaban J connectivity index is 1.76. The molecule has 134 valence electrons. The molecule has 8 nitrogen and oxygen atoms in total. The van der Waals surface area contributed by atoms with Gasteiger partial charge in [0.2, 0.25) is 0 Å². The number of hydrogen-bond acceptors (Lipinski definition) is 6. The minimum atomic E-state index is -1.03. The summed E-state index contributed by atoms with van der Waals surface area (Å²) in [6, 6.07) is 9.94. The first kappa shape index (κ1) is 17.4. The molecule has 2 aromatic heterocycles. The van der Waals surface area contributed by atoms with Crippen molar-refractivity contribution in [2.75, 3.05) is 5.32 Å². The van der Waals surface area contributed by atoms with Gasteiger partial charge in [-0.1, -0.05) is 30.3 Å². The van der Waals surface area contributed by atoms with Gasteiger partial charge >= 0.3 is 5.97 Å². The maximum Gasteiger partial charge on any atom is 0.355 e. The van der Waals surface area contributed by atoms with Gasteiger partial charge in [0.05, 0.1) is 0 Å². The van der Waals surface area contributed by atoms with Crippen LogP contribution in [-0.2, 0) is 9.53 Å². The molecule has 0 saturated carbocycles. The highest BCUT2D eigenvalue weighted by Gasteiger charge is 2.23. The van der Waals surface area contributed by atoms with E-state index >= 15 is 0 Å². The maximum absolute atomic E-state index is 12.4. The number of aromatic amines is 1. The Morgan fingerprint density at radius 1 is 1.31 bits per heavy atom. The molecule has 8 heteroatoms. The van der Waals surface area contributed by atoms with Crippen molar-refractivity contribution >= 4 is 28.5 Å². The van der Waals surface area contributed by atoms with Gasteiger partial charge in [-0.15, -0.1) is 0 Å². The molecule has 0 bridgehead atoms. The highest BCUT2D eigenvalue weighted by atomic mass is 16.5. The highest BCUT2D eigenvalue weighted by Crippen LogP contribution is 2.13. The number of hydrogen-bond donors (Lipinski definition) is 2. The zero-order chi connectivity index (χ0) is 18.7. The Kier molecular flexibility index (Phi) is 4.83. The van der Waals surface area contributed by atoms with Crippen LogP contribution in [-0.4, -0.2) is 28.1 Å². The van der Waals surface area contributed by atoms with Crippen molar-refractivity contribution in [1.29, 1.82) is 0 Å². The first-order valence-electron chi connectivity index (χ1n) is 8.05. The van der Waals surface area contributed by atoms with E-state index in [4.69, 9.17) is 9.26 Å². The minimum Gasteiger partial charge on any atom is -0.448 e. The fourth-order valence-corrected chi connectivity index (χ4v) is 2.47. The fourth-order valence-electron chi connectivity index (χ4n) is 2.47. The second-order valence-corrected chi connectivity index (χ2v) is 5.71. The van der Waals surface area contributed by atoms with Crippen molar-refractivity contribution in [2.24, 2.45) is 0 Å². The van der Waals surface area contributed by atoms with E-state index in [0.717, 1.165) is 0 Å². The van der Waals surface area contributed by atoms with Crippen molar-refractivity contribution in [2.45, 2.75) is 26.4 Å². The molecule has 0 radical (unpaired) electrons. The molecule has 1 atom stereocenters. The van der Waals surface area contributed by atoms with E-state index < -0.39 is 23.5 Å². The van der Waals surface area contributed by atoms with E-state index in [0.29, 0.717) is 16.5 Å². The minimum absolute atomic E-state index is 0.0165. The van der Waals surface area contributed by atoms with Crippen LogP contribution in [0.5, 0.6) is 0 Å². The summed E-state index contributed by atoms with van der Waals surface area (Å²) in [6.07, 6.45) is -0.777. The lowest BCUT2D eigenvalue weighted by Crippen LogP contribution is -2.32. The van der Waals surface area contributed by atoms with Crippen molar-refractivity contribution in [1.82, 2.24) is 10.1 Å². The van der Waals surface area contributed by atoms with E-state index in [1.54, 1.807) is 44.2 Å². The first-order chi connectivity index (χ1) is 12.5. The van der Waals surface area contributed by atoms with Gasteiger partial charge in [-0.2, -0.15) is 0 Å².